The molecule has 2 aromatic carbocycles. The van der Waals surface area contributed by atoms with Crippen molar-refractivity contribution in [3.8, 4) is 22.6 Å². The maximum Gasteiger partial charge on any atom is 0.277 e. The lowest BCUT2D eigenvalue weighted by Crippen LogP contribution is -2.39. The van der Waals surface area contributed by atoms with Gasteiger partial charge in [-0.2, -0.15) is 9.13 Å². The molecule has 4 aromatic rings. The van der Waals surface area contributed by atoms with E-state index in [9.17, 15) is 0 Å². The van der Waals surface area contributed by atoms with Gasteiger partial charge in [0.15, 0.2) is 6.20 Å². The van der Waals surface area contributed by atoms with E-state index in [1.165, 1.54) is 44.5 Å². The van der Waals surface area contributed by atoms with Crippen LogP contribution in [0.2, 0.25) is 0 Å². The van der Waals surface area contributed by atoms with Gasteiger partial charge < -0.3 is 0 Å². The average molecular weight is 383 g/mol. The maximum absolute atomic E-state index is 2.40. The number of aryl methyl sites for hydroxylation is 2. The summed E-state index contributed by atoms with van der Waals surface area (Å²) in [5.41, 5.74) is 7.74. The molecule has 0 radical (unpaired) electrons. The van der Waals surface area contributed by atoms with Gasteiger partial charge in [-0.25, -0.2) is 0 Å². The Morgan fingerprint density at radius 3 is 2.00 bits per heavy atom. The van der Waals surface area contributed by atoms with E-state index >= 15 is 0 Å². The molecule has 2 heterocycles. The molecule has 2 nitrogen and oxygen atoms in total. The van der Waals surface area contributed by atoms with Crippen molar-refractivity contribution in [1.29, 1.82) is 0 Å². The van der Waals surface area contributed by atoms with Gasteiger partial charge in [0.2, 0.25) is 5.69 Å². The van der Waals surface area contributed by atoms with Gasteiger partial charge in [0.1, 0.15) is 14.1 Å². The highest BCUT2D eigenvalue weighted by Crippen LogP contribution is 2.37. The Hall–Kier alpha value is -3.00. The predicted molar refractivity (Wildman–Crippen MR) is 121 cm³/mol. The Kier molecular flexibility index (Phi) is 4.74. The van der Waals surface area contributed by atoms with Crippen LogP contribution < -0.4 is 9.13 Å². The van der Waals surface area contributed by atoms with Gasteiger partial charge in [0.25, 0.3) is 11.4 Å². The van der Waals surface area contributed by atoms with Gasteiger partial charge in [0.05, 0.1) is 0 Å². The minimum atomic E-state index is 0.0735. The molecule has 4 rings (SSSR count). The van der Waals surface area contributed by atoms with E-state index in [2.05, 4.69) is 124 Å². The number of fused-ring (bicyclic) bond motifs is 1. The lowest BCUT2D eigenvalue weighted by atomic mass is 9.80. The van der Waals surface area contributed by atoms with Crippen LogP contribution in [0.1, 0.15) is 31.9 Å². The van der Waals surface area contributed by atoms with Crippen LogP contribution in [-0.2, 0) is 19.5 Å². The number of benzene rings is 2. The Labute approximate surface area is 174 Å². The quantitative estimate of drug-likeness (QED) is 0.409. The molecule has 0 fully saturated rings. The summed E-state index contributed by atoms with van der Waals surface area (Å²) in [6, 6.07) is 24.1. The third-order valence-electron chi connectivity index (χ3n) is 5.95. The largest absolute Gasteiger partial charge is 0.277 e. The molecule has 0 saturated heterocycles. The van der Waals surface area contributed by atoms with Crippen molar-refractivity contribution >= 4 is 10.8 Å². The zero-order valence-corrected chi connectivity index (χ0v) is 18.3. The van der Waals surface area contributed by atoms with Crippen molar-refractivity contribution < 1.29 is 9.13 Å². The Bertz CT molecular complexity index is 1210. The molecule has 2 heteroatoms. The molecule has 2 aromatic heterocycles. The molecular weight excluding hydrogens is 352 g/mol. The van der Waals surface area contributed by atoms with Gasteiger partial charge >= 0.3 is 0 Å². The minimum Gasteiger partial charge on any atom is -0.196 e. The molecule has 0 aliphatic carbocycles. The maximum atomic E-state index is 2.40. The standard InChI is InChI=1S/C27H30N2/c1-19-20-12-7-8-13-21(20)23(27(2,3)4)18-22(19)24-15-11-16-26(29(24)6)25-14-9-10-17-28(25)5/h7-18H,1-6H3/q+2. The fourth-order valence-corrected chi connectivity index (χ4v) is 4.31. The smallest absolute Gasteiger partial charge is 0.196 e. The Morgan fingerprint density at radius 2 is 1.31 bits per heavy atom. The second kappa shape index (κ2) is 7.11. The predicted octanol–water partition coefficient (Wildman–Crippen LogP) is 5.43. The van der Waals surface area contributed by atoms with Crippen molar-refractivity contribution in [1.82, 2.24) is 0 Å². The first-order valence-corrected chi connectivity index (χ1v) is 10.3. The SMILES string of the molecule is Cc1c(-c2cccc(-c3cccc[n+]3C)[n+]2C)cc(C(C)(C)C)c2ccccc12. The molecule has 0 aliphatic heterocycles. The molecule has 0 atom stereocenters. The van der Waals surface area contributed by atoms with Crippen LogP contribution in [0.15, 0.2) is 72.9 Å². The van der Waals surface area contributed by atoms with E-state index < -0.39 is 0 Å². The normalized spacial score (nSPS) is 11.8. The molecule has 29 heavy (non-hydrogen) atoms. The molecule has 0 unspecified atom stereocenters. The van der Waals surface area contributed by atoms with E-state index in [1.807, 2.05) is 0 Å². The van der Waals surface area contributed by atoms with Crippen molar-refractivity contribution in [2.24, 2.45) is 14.1 Å². The monoisotopic (exact) mass is 382 g/mol. The highest BCUT2D eigenvalue weighted by Gasteiger charge is 2.26. The zero-order chi connectivity index (χ0) is 20.8. The van der Waals surface area contributed by atoms with Crippen molar-refractivity contribution in [2.45, 2.75) is 33.1 Å². The molecule has 0 saturated carbocycles. The summed E-state index contributed by atoms with van der Waals surface area (Å²) in [6.07, 6.45) is 2.10. The van der Waals surface area contributed by atoms with E-state index in [1.54, 1.807) is 0 Å². The minimum absolute atomic E-state index is 0.0735. The van der Waals surface area contributed by atoms with Crippen LogP contribution in [0.25, 0.3) is 33.4 Å². The van der Waals surface area contributed by atoms with E-state index in [4.69, 9.17) is 0 Å². The molecule has 0 N–H and O–H groups in total. The van der Waals surface area contributed by atoms with Gasteiger partial charge in [-0.1, -0.05) is 45.0 Å². The van der Waals surface area contributed by atoms with Crippen LogP contribution >= 0.6 is 0 Å². The fraction of sp³-hybridized carbons (Fsp3) is 0.259. The van der Waals surface area contributed by atoms with Gasteiger partial charge in [-0.3, -0.25) is 0 Å². The van der Waals surface area contributed by atoms with Crippen molar-refractivity contribution in [3.05, 3.63) is 84.1 Å². The highest BCUT2D eigenvalue weighted by atomic mass is 15.0. The first-order chi connectivity index (χ1) is 13.8. The lowest BCUT2D eigenvalue weighted by Gasteiger charge is -2.24. The number of hydrogen-bond donors (Lipinski definition) is 0. The summed E-state index contributed by atoms with van der Waals surface area (Å²) in [5, 5.41) is 2.69. The lowest BCUT2D eigenvalue weighted by molar-refractivity contribution is -0.685. The summed E-state index contributed by atoms with van der Waals surface area (Å²) in [7, 11) is 4.27. The van der Waals surface area contributed by atoms with Crippen LogP contribution in [0, 0.1) is 6.92 Å². The van der Waals surface area contributed by atoms with Crippen LogP contribution in [0.5, 0.6) is 0 Å². The molecule has 146 valence electrons. The molecule has 0 amide bonds. The average Bonchev–Trinajstić information content (AvgIpc) is 2.69. The summed E-state index contributed by atoms with van der Waals surface area (Å²) >= 11 is 0. The van der Waals surface area contributed by atoms with E-state index in [0.29, 0.717) is 0 Å². The second-order valence-electron chi connectivity index (χ2n) is 8.94. The molecule has 0 bridgehead atoms. The summed E-state index contributed by atoms with van der Waals surface area (Å²) in [6.45, 7) is 9.15. The number of pyridine rings is 2. The van der Waals surface area contributed by atoms with Crippen LogP contribution in [0.3, 0.4) is 0 Å². The number of hydrogen-bond acceptors (Lipinski definition) is 0. The highest BCUT2D eigenvalue weighted by molar-refractivity contribution is 5.94. The first-order valence-electron chi connectivity index (χ1n) is 10.3. The number of aromatic nitrogens is 2. The fourth-order valence-electron chi connectivity index (χ4n) is 4.31. The second-order valence-corrected chi connectivity index (χ2v) is 8.94. The Balaban J connectivity index is 2.03. The van der Waals surface area contributed by atoms with Gasteiger partial charge in [-0.05, 0) is 52.4 Å². The first kappa shape index (κ1) is 19.3. The summed E-state index contributed by atoms with van der Waals surface area (Å²) in [5.74, 6) is 0. The van der Waals surface area contributed by atoms with E-state index in [-0.39, 0.29) is 5.41 Å². The molecule has 0 aliphatic rings. The van der Waals surface area contributed by atoms with Crippen LogP contribution in [0.4, 0.5) is 0 Å². The molecule has 0 spiro atoms. The number of rotatable bonds is 2. The zero-order valence-electron chi connectivity index (χ0n) is 18.3. The van der Waals surface area contributed by atoms with Gasteiger partial charge in [0, 0.05) is 29.8 Å². The third-order valence-corrected chi connectivity index (χ3v) is 5.95. The Morgan fingerprint density at radius 1 is 0.690 bits per heavy atom. The number of nitrogens with zero attached hydrogens (tertiary/aromatic N) is 2. The molecular formula is C27H30N2+2. The third kappa shape index (κ3) is 3.33. The topological polar surface area (TPSA) is 7.76 Å². The van der Waals surface area contributed by atoms with Gasteiger partial charge in [-0.15, -0.1) is 0 Å². The van der Waals surface area contributed by atoms with E-state index in [0.717, 1.165) is 0 Å². The van der Waals surface area contributed by atoms with Crippen LogP contribution in [-0.4, -0.2) is 0 Å². The summed E-state index contributed by atoms with van der Waals surface area (Å²) < 4.78 is 4.49. The summed E-state index contributed by atoms with van der Waals surface area (Å²) in [4.78, 5) is 0. The van der Waals surface area contributed by atoms with Crippen molar-refractivity contribution in [3.63, 3.8) is 0 Å². The van der Waals surface area contributed by atoms with Crippen molar-refractivity contribution in [2.75, 3.05) is 0 Å².